The fraction of sp³-hybridized carbons (Fsp3) is 0.308. The number of methoxy groups -OCH3 is 2. The van der Waals surface area contributed by atoms with Crippen molar-refractivity contribution in [1.82, 2.24) is 9.97 Å². The summed E-state index contributed by atoms with van der Waals surface area (Å²) in [7, 11) is 2.72. The molecule has 0 unspecified atom stereocenters. The third kappa shape index (κ3) is 3.76. The van der Waals surface area contributed by atoms with Gasteiger partial charge in [0.25, 0.3) is 0 Å². The van der Waals surface area contributed by atoms with Crippen molar-refractivity contribution in [3.63, 3.8) is 0 Å². The molecule has 2 rings (SSSR count). The van der Waals surface area contributed by atoms with Crippen LogP contribution in [0.4, 0.5) is 13.2 Å². The van der Waals surface area contributed by atoms with E-state index in [4.69, 9.17) is 14.6 Å². The van der Waals surface area contributed by atoms with Crippen molar-refractivity contribution < 1.29 is 32.5 Å². The Balaban J connectivity index is 2.69. The maximum Gasteiger partial charge on any atom is 0.451 e. The van der Waals surface area contributed by atoms with Gasteiger partial charge in [-0.25, -0.2) is 9.97 Å². The molecule has 0 saturated heterocycles. The zero-order valence-electron chi connectivity index (χ0n) is 12.0. The number of ether oxygens (including phenoxy) is 2. The predicted octanol–water partition coefficient (Wildman–Crippen LogP) is 2.84. The van der Waals surface area contributed by atoms with Crippen LogP contribution in [0.5, 0.6) is 11.5 Å². The minimum atomic E-state index is -4.75. The van der Waals surface area contributed by atoms with Gasteiger partial charge < -0.3 is 14.6 Å². The lowest BCUT2D eigenvalue weighted by atomic mass is 10.2. The molecule has 0 aliphatic heterocycles. The van der Waals surface area contributed by atoms with Crippen LogP contribution in [-0.2, 0) is 11.0 Å². The number of rotatable bonds is 5. The van der Waals surface area contributed by atoms with Crippen LogP contribution in [0.3, 0.4) is 0 Å². The molecule has 124 valence electrons. The molecule has 23 heavy (non-hydrogen) atoms. The molecule has 10 heteroatoms. The third-order valence-electron chi connectivity index (χ3n) is 2.75. The number of hydrogen-bond acceptors (Lipinski definition) is 6. The summed E-state index contributed by atoms with van der Waals surface area (Å²) in [6.07, 6.45) is -4.75. The van der Waals surface area contributed by atoms with Gasteiger partial charge in [0.1, 0.15) is 5.03 Å². The first kappa shape index (κ1) is 17.1. The molecule has 6 nitrogen and oxygen atoms in total. The van der Waals surface area contributed by atoms with Gasteiger partial charge in [-0.15, -0.1) is 0 Å². The standard InChI is InChI=1S/C13H11F3N2O4S/c1-21-8-3-6-7(4-9(8)22-2)17-12(13(14,15)16)18-11(6)23-5-10(19)20/h3-4H,5H2,1-2H3,(H,19,20). The highest BCUT2D eigenvalue weighted by Crippen LogP contribution is 2.37. The van der Waals surface area contributed by atoms with Gasteiger partial charge in [0.05, 0.1) is 25.5 Å². The third-order valence-corrected chi connectivity index (χ3v) is 3.73. The van der Waals surface area contributed by atoms with Crippen LogP contribution in [-0.4, -0.2) is 41.0 Å². The van der Waals surface area contributed by atoms with Gasteiger partial charge in [-0.1, -0.05) is 11.8 Å². The molecular weight excluding hydrogens is 337 g/mol. The van der Waals surface area contributed by atoms with E-state index in [0.717, 1.165) is 0 Å². The fourth-order valence-corrected chi connectivity index (χ4v) is 2.52. The van der Waals surface area contributed by atoms with Gasteiger partial charge in [-0.2, -0.15) is 13.2 Å². The number of fused-ring (bicyclic) bond motifs is 1. The first-order valence-electron chi connectivity index (χ1n) is 6.11. The lowest BCUT2D eigenvalue weighted by molar-refractivity contribution is -0.145. The summed E-state index contributed by atoms with van der Waals surface area (Å²) < 4.78 is 48.9. The van der Waals surface area contributed by atoms with Gasteiger partial charge in [-0.05, 0) is 6.07 Å². The van der Waals surface area contributed by atoms with Crippen molar-refractivity contribution in [2.45, 2.75) is 11.2 Å². The minimum absolute atomic E-state index is 0.0159. The van der Waals surface area contributed by atoms with Gasteiger partial charge in [0.15, 0.2) is 11.5 Å². The van der Waals surface area contributed by atoms with Crippen molar-refractivity contribution in [3.8, 4) is 11.5 Å². The monoisotopic (exact) mass is 348 g/mol. The highest BCUT2D eigenvalue weighted by molar-refractivity contribution is 8.00. The number of alkyl halides is 3. The summed E-state index contributed by atoms with van der Waals surface area (Å²) in [5.74, 6) is -2.46. The Bertz CT molecular complexity index is 752. The lowest BCUT2D eigenvalue weighted by Gasteiger charge is -2.13. The highest BCUT2D eigenvalue weighted by Gasteiger charge is 2.35. The van der Waals surface area contributed by atoms with E-state index < -0.39 is 23.7 Å². The number of nitrogens with zero attached hydrogens (tertiary/aromatic N) is 2. The summed E-state index contributed by atoms with van der Waals surface area (Å²) in [4.78, 5) is 17.6. The van der Waals surface area contributed by atoms with Crippen LogP contribution in [0.25, 0.3) is 10.9 Å². The molecule has 0 atom stereocenters. The molecule has 0 fully saturated rings. The quantitative estimate of drug-likeness (QED) is 0.657. The summed E-state index contributed by atoms with van der Waals surface area (Å²) in [6.45, 7) is 0. The SMILES string of the molecule is COc1cc2nc(C(F)(F)F)nc(SCC(=O)O)c2cc1OC. The van der Waals surface area contributed by atoms with E-state index in [9.17, 15) is 18.0 Å². The Kier molecular flexibility index (Phi) is 4.83. The zero-order chi connectivity index (χ0) is 17.2. The van der Waals surface area contributed by atoms with E-state index in [0.29, 0.717) is 11.8 Å². The second-order valence-electron chi connectivity index (χ2n) is 4.26. The summed E-state index contributed by atoms with van der Waals surface area (Å²) >= 11 is 0.674. The summed E-state index contributed by atoms with van der Waals surface area (Å²) in [5, 5.41) is 8.89. The average molecular weight is 348 g/mol. The largest absolute Gasteiger partial charge is 0.493 e. The number of carboxylic acid groups (broad SMARTS) is 1. The van der Waals surface area contributed by atoms with E-state index in [1.165, 1.54) is 26.4 Å². The summed E-state index contributed by atoms with van der Waals surface area (Å²) in [6, 6.07) is 2.70. The second kappa shape index (κ2) is 6.49. The van der Waals surface area contributed by atoms with Crippen LogP contribution >= 0.6 is 11.8 Å². The van der Waals surface area contributed by atoms with Crippen molar-refractivity contribution in [2.24, 2.45) is 0 Å². The Labute approximate surface area is 132 Å². The van der Waals surface area contributed by atoms with Crippen LogP contribution < -0.4 is 9.47 Å². The molecule has 0 aliphatic carbocycles. The van der Waals surface area contributed by atoms with Crippen LogP contribution in [0.15, 0.2) is 17.2 Å². The molecule has 2 aromatic rings. The Hall–Kier alpha value is -2.23. The first-order valence-corrected chi connectivity index (χ1v) is 7.10. The lowest BCUT2D eigenvalue weighted by Crippen LogP contribution is -2.12. The highest BCUT2D eigenvalue weighted by atomic mass is 32.2. The second-order valence-corrected chi connectivity index (χ2v) is 5.22. The van der Waals surface area contributed by atoms with E-state index in [-0.39, 0.29) is 27.4 Å². The van der Waals surface area contributed by atoms with Crippen LogP contribution in [0, 0.1) is 0 Å². The van der Waals surface area contributed by atoms with Gasteiger partial charge >= 0.3 is 12.1 Å². The molecule has 0 spiro atoms. The normalized spacial score (nSPS) is 11.5. The van der Waals surface area contributed by atoms with E-state index in [1.54, 1.807) is 0 Å². The van der Waals surface area contributed by atoms with E-state index in [1.807, 2.05) is 0 Å². The summed E-state index contributed by atoms with van der Waals surface area (Å²) in [5.41, 5.74) is -0.0159. The Morgan fingerprint density at radius 2 is 1.83 bits per heavy atom. The molecule has 0 bridgehead atoms. The topological polar surface area (TPSA) is 81.5 Å². The van der Waals surface area contributed by atoms with E-state index >= 15 is 0 Å². The van der Waals surface area contributed by atoms with Crippen molar-refractivity contribution in [2.75, 3.05) is 20.0 Å². The number of carboxylic acids is 1. The maximum atomic E-state index is 12.9. The first-order chi connectivity index (χ1) is 10.8. The molecule has 1 aromatic heterocycles. The number of thioether (sulfide) groups is 1. The van der Waals surface area contributed by atoms with Gasteiger partial charge in [0, 0.05) is 11.5 Å². The van der Waals surface area contributed by atoms with Crippen molar-refractivity contribution >= 4 is 28.6 Å². The zero-order valence-corrected chi connectivity index (χ0v) is 12.8. The average Bonchev–Trinajstić information content (AvgIpc) is 2.49. The Morgan fingerprint density at radius 1 is 1.22 bits per heavy atom. The Morgan fingerprint density at radius 3 is 2.35 bits per heavy atom. The minimum Gasteiger partial charge on any atom is -0.493 e. The number of aromatic nitrogens is 2. The van der Waals surface area contributed by atoms with E-state index in [2.05, 4.69) is 9.97 Å². The number of halogens is 3. The van der Waals surface area contributed by atoms with Crippen molar-refractivity contribution in [3.05, 3.63) is 18.0 Å². The molecule has 0 saturated carbocycles. The molecule has 0 radical (unpaired) electrons. The number of hydrogen-bond donors (Lipinski definition) is 1. The predicted molar refractivity (Wildman–Crippen MR) is 76.0 cm³/mol. The smallest absolute Gasteiger partial charge is 0.451 e. The molecule has 1 aromatic carbocycles. The fourth-order valence-electron chi connectivity index (χ4n) is 1.79. The molecular formula is C13H11F3N2O4S. The number of carbonyl (C=O) groups is 1. The molecule has 1 heterocycles. The van der Waals surface area contributed by atoms with Gasteiger partial charge in [-0.3, -0.25) is 4.79 Å². The van der Waals surface area contributed by atoms with Crippen molar-refractivity contribution in [1.29, 1.82) is 0 Å². The molecule has 1 N–H and O–H groups in total. The number of aliphatic carboxylic acids is 1. The van der Waals surface area contributed by atoms with Gasteiger partial charge in [0.2, 0.25) is 5.82 Å². The number of benzene rings is 1. The molecule has 0 amide bonds. The van der Waals surface area contributed by atoms with Crippen LogP contribution in [0.2, 0.25) is 0 Å². The molecule has 0 aliphatic rings. The van der Waals surface area contributed by atoms with Crippen LogP contribution in [0.1, 0.15) is 5.82 Å². The maximum absolute atomic E-state index is 12.9.